The first-order valence-electron chi connectivity index (χ1n) is 6.19. The van der Waals surface area contributed by atoms with Crippen molar-refractivity contribution in [3.05, 3.63) is 29.0 Å². The van der Waals surface area contributed by atoms with Crippen molar-refractivity contribution in [2.45, 2.75) is 13.0 Å². The normalized spacial score (nSPS) is 11.1. The average molecular weight is 316 g/mol. The quantitative estimate of drug-likeness (QED) is 0.627. The Morgan fingerprint density at radius 2 is 2.25 bits per heavy atom. The summed E-state index contributed by atoms with van der Waals surface area (Å²) in [5, 5.41) is 0.630. The van der Waals surface area contributed by atoms with Gasteiger partial charge >= 0.3 is 0 Å². The summed E-state index contributed by atoms with van der Waals surface area (Å²) in [6, 6.07) is 5.58. The largest absolute Gasteiger partial charge is 0.370 e. The van der Waals surface area contributed by atoms with Crippen molar-refractivity contribution < 1.29 is 9.53 Å². The molecule has 1 heterocycles. The molecule has 0 aliphatic heterocycles. The number of nitrogens with two attached hydrogens (primary N) is 1. The minimum atomic E-state index is -0.487. The summed E-state index contributed by atoms with van der Waals surface area (Å²) in [6.45, 7) is 0.805. The molecule has 0 aliphatic carbocycles. The second-order valence-electron chi connectivity index (χ2n) is 4.25. The zero-order valence-corrected chi connectivity index (χ0v) is 12.3. The van der Waals surface area contributed by atoms with Crippen LogP contribution in [0.25, 0.3) is 11.0 Å². The van der Waals surface area contributed by atoms with Crippen molar-refractivity contribution in [2.75, 3.05) is 19.1 Å². The number of rotatable bonds is 7. The number of primary amides is 1. The second-order valence-corrected chi connectivity index (χ2v) is 5.03. The molecule has 5 nitrogen and oxygen atoms in total. The van der Waals surface area contributed by atoms with Gasteiger partial charge in [-0.3, -0.25) is 4.79 Å². The standard InChI is InChI=1S/C13H15Cl2N3O2/c14-5-4-12-17-10-3-1-2-9(15)13(10)18(12)6-7-20-8-11(16)19/h1-3H,4-8H2,(H2,16,19). The van der Waals surface area contributed by atoms with Gasteiger partial charge in [-0.25, -0.2) is 4.98 Å². The van der Waals surface area contributed by atoms with Crippen LogP contribution < -0.4 is 5.73 Å². The highest BCUT2D eigenvalue weighted by molar-refractivity contribution is 6.35. The Balaban J connectivity index is 2.24. The van der Waals surface area contributed by atoms with E-state index in [1.54, 1.807) is 0 Å². The van der Waals surface area contributed by atoms with Gasteiger partial charge in [0.1, 0.15) is 12.4 Å². The average Bonchev–Trinajstić information content (AvgIpc) is 2.74. The van der Waals surface area contributed by atoms with Gasteiger partial charge in [-0.15, -0.1) is 11.6 Å². The van der Waals surface area contributed by atoms with E-state index in [1.807, 2.05) is 22.8 Å². The van der Waals surface area contributed by atoms with Crippen molar-refractivity contribution >= 4 is 40.1 Å². The SMILES string of the molecule is NC(=O)COCCn1c(CCCl)nc2cccc(Cl)c21. The summed E-state index contributed by atoms with van der Waals surface area (Å²) in [4.78, 5) is 15.2. The number of halogens is 2. The van der Waals surface area contributed by atoms with E-state index in [4.69, 9.17) is 33.7 Å². The van der Waals surface area contributed by atoms with Crippen LogP contribution in [-0.4, -0.2) is 34.6 Å². The van der Waals surface area contributed by atoms with Crippen LogP contribution in [0.15, 0.2) is 18.2 Å². The lowest BCUT2D eigenvalue weighted by molar-refractivity contribution is -0.122. The zero-order chi connectivity index (χ0) is 14.5. The first kappa shape index (κ1) is 15.1. The molecule has 2 rings (SSSR count). The summed E-state index contributed by atoms with van der Waals surface area (Å²) in [7, 11) is 0. The van der Waals surface area contributed by atoms with Crippen LogP contribution in [0.2, 0.25) is 5.02 Å². The molecular weight excluding hydrogens is 301 g/mol. The molecular formula is C13H15Cl2N3O2. The number of hydrogen-bond acceptors (Lipinski definition) is 3. The number of carbonyl (C=O) groups is 1. The number of ether oxygens (including phenoxy) is 1. The topological polar surface area (TPSA) is 70.1 Å². The van der Waals surface area contributed by atoms with Crippen molar-refractivity contribution in [1.82, 2.24) is 9.55 Å². The number of carbonyl (C=O) groups excluding carboxylic acids is 1. The second kappa shape index (κ2) is 6.92. The summed E-state index contributed by atoms with van der Waals surface area (Å²) in [5.74, 6) is 0.841. The molecule has 0 saturated carbocycles. The zero-order valence-electron chi connectivity index (χ0n) is 10.8. The minimum absolute atomic E-state index is 0.0921. The van der Waals surface area contributed by atoms with Gasteiger partial charge in [0.05, 0.1) is 22.7 Å². The van der Waals surface area contributed by atoms with E-state index in [0.717, 1.165) is 16.9 Å². The third-order valence-electron chi connectivity index (χ3n) is 2.82. The van der Waals surface area contributed by atoms with Gasteiger partial charge < -0.3 is 15.0 Å². The third-order valence-corrected chi connectivity index (χ3v) is 3.31. The van der Waals surface area contributed by atoms with Crippen LogP contribution in [0.1, 0.15) is 5.82 Å². The Bertz CT molecular complexity index is 613. The maximum atomic E-state index is 10.6. The van der Waals surface area contributed by atoms with Gasteiger partial charge in [-0.2, -0.15) is 0 Å². The number of imidazole rings is 1. The molecule has 1 aromatic carbocycles. The Hall–Kier alpha value is -1.30. The number of aryl methyl sites for hydroxylation is 1. The molecule has 7 heteroatoms. The maximum Gasteiger partial charge on any atom is 0.243 e. The van der Waals surface area contributed by atoms with E-state index in [0.29, 0.717) is 30.5 Å². The highest BCUT2D eigenvalue weighted by Gasteiger charge is 2.12. The number of benzene rings is 1. The Labute approximate surface area is 126 Å². The fraction of sp³-hybridized carbons (Fsp3) is 0.385. The lowest BCUT2D eigenvalue weighted by Gasteiger charge is -2.09. The predicted octanol–water partition coefficient (Wildman–Crippen LogP) is 1.97. The number of hydrogen-bond donors (Lipinski definition) is 1. The number of para-hydroxylation sites is 1. The van der Waals surface area contributed by atoms with Crippen LogP contribution in [0.5, 0.6) is 0 Å². The van der Waals surface area contributed by atoms with Crippen LogP contribution in [0.3, 0.4) is 0 Å². The third kappa shape index (κ3) is 3.42. The molecule has 108 valence electrons. The van der Waals surface area contributed by atoms with Crippen LogP contribution >= 0.6 is 23.2 Å². The molecule has 0 bridgehead atoms. The van der Waals surface area contributed by atoms with E-state index in [9.17, 15) is 4.79 Å². The molecule has 2 aromatic rings. The number of amides is 1. The summed E-state index contributed by atoms with van der Waals surface area (Å²) in [6.07, 6.45) is 0.641. The molecule has 0 spiro atoms. The molecule has 1 aromatic heterocycles. The van der Waals surface area contributed by atoms with E-state index in [1.165, 1.54) is 0 Å². The van der Waals surface area contributed by atoms with E-state index < -0.39 is 5.91 Å². The number of nitrogens with zero attached hydrogens (tertiary/aromatic N) is 2. The summed E-state index contributed by atoms with van der Waals surface area (Å²) in [5.41, 5.74) is 6.71. The van der Waals surface area contributed by atoms with Gasteiger partial charge in [0.2, 0.25) is 5.91 Å². The Morgan fingerprint density at radius 3 is 2.95 bits per heavy atom. The van der Waals surface area contributed by atoms with Crippen molar-refractivity contribution in [2.24, 2.45) is 5.73 Å². The first-order valence-corrected chi connectivity index (χ1v) is 7.10. The van der Waals surface area contributed by atoms with Gasteiger partial charge in [-0.1, -0.05) is 17.7 Å². The monoisotopic (exact) mass is 315 g/mol. The Kier molecular flexibility index (Phi) is 5.23. The van der Waals surface area contributed by atoms with Gasteiger partial charge in [0, 0.05) is 18.8 Å². The summed E-state index contributed by atoms with van der Waals surface area (Å²) >= 11 is 12.0. The highest BCUT2D eigenvalue weighted by atomic mass is 35.5. The van der Waals surface area contributed by atoms with Crippen LogP contribution in [0.4, 0.5) is 0 Å². The fourth-order valence-corrected chi connectivity index (χ4v) is 2.48. The molecule has 0 radical (unpaired) electrons. The Morgan fingerprint density at radius 1 is 1.45 bits per heavy atom. The number of alkyl halides is 1. The predicted molar refractivity (Wildman–Crippen MR) is 79.2 cm³/mol. The molecule has 0 unspecified atom stereocenters. The maximum absolute atomic E-state index is 10.6. The molecule has 0 saturated heterocycles. The molecule has 20 heavy (non-hydrogen) atoms. The first-order chi connectivity index (χ1) is 9.63. The number of fused-ring (bicyclic) bond motifs is 1. The molecule has 0 aliphatic rings. The fourth-order valence-electron chi connectivity index (χ4n) is 2.03. The van der Waals surface area contributed by atoms with Crippen LogP contribution in [-0.2, 0) is 22.5 Å². The molecule has 0 fully saturated rings. The molecule has 1 amide bonds. The molecule has 0 atom stereocenters. The smallest absolute Gasteiger partial charge is 0.243 e. The van der Waals surface area contributed by atoms with Crippen molar-refractivity contribution in [3.63, 3.8) is 0 Å². The van der Waals surface area contributed by atoms with Crippen molar-refractivity contribution in [3.8, 4) is 0 Å². The highest BCUT2D eigenvalue weighted by Crippen LogP contribution is 2.24. The lowest BCUT2D eigenvalue weighted by atomic mass is 10.3. The van der Waals surface area contributed by atoms with Gasteiger partial charge in [0.15, 0.2) is 0 Å². The van der Waals surface area contributed by atoms with Crippen molar-refractivity contribution in [1.29, 1.82) is 0 Å². The van der Waals surface area contributed by atoms with E-state index >= 15 is 0 Å². The van der Waals surface area contributed by atoms with Gasteiger partial charge in [-0.05, 0) is 12.1 Å². The summed E-state index contributed by atoms with van der Waals surface area (Å²) < 4.78 is 7.16. The van der Waals surface area contributed by atoms with Crippen LogP contribution in [0, 0.1) is 0 Å². The minimum Gasteiger partial charge on any atom is -0.370 e. The van der Waals surface area contributed by atoms with E-state index in [-0.39, 0.29) is 6.61 Å². The number of aromatic nitrogens is 2. The van der Waals surface area contributed by atoms with Gasteiger partial charge in [0.25, 0.3) is 0 Å². The van der Waals surface area contributed by atoms with E-state index in [2.05, 4.69) is 4.98 Å². The molecule has 2 N–H and O–H groups in total. The lowest BCUT2D eigenvalue weighted by Crippen LogP contribution is -2.20.